The Hall–Kier alpha value is -1.79. The van der Waals surface area contributed by atoms with Gasteiger partial charge in [-0.15, -0.1) is 0 Å². The standard InChI is InChI=1S/C18H23NO5/c1-2-21-15-7-6-13-17(15)23-9-8-19(13)18(20)12-4-3-5-14-16(12)24-11-10-22-14/h3-5,13,15,17H,2,6-11H2,1H3/t13-,15-,17+/m1/s1. The zero-order chi connectivity index (χ0) is 16.5. The van der Waals surface area contributed by atoms with Crippen LogP contribution in [-0.2, 0) is 9.47 Å². The van der Waals surface area contributed by atoms with Crippen molar-refractivity contribution in [3.05, 3.63) is 23.8 Å². The van der Waals surface area contributed by atoms with Crippen LogP contribution in [0.25, 0.3) is 0 Å². The Morgan fingerprint density at radius 2 is 2.12 bits per heavy atom. The summed E-state index contributed by atoms with van der Waals surface area (Å²) in [6.07, 6.45) is 1.90. The molecule has 6 nitrogen and oxygen atoms in total. The molecular formula is C18H23NO5. The molecule has 2 fully saturated rings. The fourth-order valence-corrected chi connectivity index (χ4v) is 3.96. The molecule has 130 valence electrons. The molecule has 1 aliphatic carbocycles. The largest absolute Gasteiger partial charge is 0.486 e. The predicted octanol–water partition coefficient (Wildman–Crippen LogP) is 1.87. The second-order valence-electron chi connectivity index (χ2n) is 6.30. The highest BCUT2D eigenvalue weighted by atomic mass is 16.6. The zero-order valence-corrected chi connectivity index (χ0v) is 13.9. The van der Waals surface area contributed by atoms with E-state index in [1.54, 1.807) is 0 Å². The summed E-state index contributed by atoms with van der Waals surface area (Å²) in [4.78, 5) is 15.1. The maximum absolute atomic E-state index is 13.2. The summed E-state index contributed by atoms with van der Waals surface area (Å²) in [5, 5.41) is 0. The molecular weight excluding hydrogens is 310 g/mol. The number of carbonyl (C=O) groups is 1. The third-order valence-corrected chi connectivity index (χ3v) is 4.97. The van der Waals surface area contributed by atoms with E-state index < -0.39 is 0 Å². The van der Waals surface area contributed by atoms with Crippen molar-refractivity contribution < 1.29 is 23.7 Å². The summed E-state index contributed by atoms with van der Waals surface area (Å²) in [6.45, 7) is 4.79. The van der Waals surface area contributed by atoms with E-state index in [0.717, 1.165) is 12.8 Å². The molecule has 1 amide bonds. The molecule has 6 heteroatoms. The van der Waals surface area contributed by atoms with Crippen LogP contribution in [0.1, 0.15) is 30.1 Å². The van der Waals surface area contributed by atoms with Crippen LogP contribution >= 0.6 is 0 Å². The van der Waals surface area contributed by atoms with Crippen LogP contribution in [0, 0.1) is 0 Å². The molecule has 24 heavy (non-hydrogen) atoms. The van der Waals surface area contributed by atoms with Gasteiger partial charge in [0.1, 0.15) is 19.3 Å². The lowest BCUT2D eigenvalue weighted by Crippen LogP contribution is -2.54. The van der Waals surface area contributed by atoms with E-state index in [1.165, 1.54) is 0 Å². The lowest BCUT2D eigenvalue weighted by atomic mass is 10.1. The van der Waals surface area contributed by atoms with Crippen molar-refractivity contribution in [1.82, 2.24) is 4.90 Å². The van der Waals surface area contributed by atoms with Gasteiger partial charge in [-0.05, 0) is 31.9 Å². The van der Waals surface area contributed by atoms with Crippen molar-refractivity contribution in [1.29, 1.82) is 0 Å². The summed E-state index contributed by atoms with van der Waals surface area (Å²) in [5.74, 6) is 1.21. The van der Waals surface area contributed by atoms with Gasteiger partial charge in [-0.2, -0.15) is 0 Å². The van der Waals surface area contributed by atoms with Crippen molar-refractivity contribution in [3.8, 4) is 11.5 Å². The Labute approximate surface area is 141 Å². The number of para-hydroxylation sites is 1. The molecule has 2 aliphatic heterocycles. The van der Waals surface area contributed by atoms with Gasteiger partial charge in [0.2, 0.25) is 0 Å². The highest BCUT2D eigenvalue weighted by molar-refractivity contribution is 5.98. The number of nitrogens with zero attached hydrogens (tertiary/aromatic N) is 1. The number of benzene rings is 1. The average molecular weight is 333 g/mol. The van der Waals surface area contributed by atoms with Crippen molar-refractivity contribution in [2.45, 2.75) is 38.0 Å². The van der Waals surface area contributed by atoms with Gasteiger partial charge in [-0.3, -0.25) is 4.79 Å². The Bertz CT molecular complexity index is 619. The summed E-state index contributed by atoms with van der Waals surface area (Å²) in [7, 11) is 0. The Morgan fingerprint density at radius 3 is 3.00 bits per heavy atom. The fraction of sp³-hybridized carbons (Fsp3) is 0.611. The molecule has 1 saturated heterocycles. The van der Waals surface area contributed by atoms with Gasteiger partial charge in [-0.1, -0.05) is 6.07 Å². The van der Waals surface area contributed by atoms with Crippen LogP contribution in [0.4, 0.5) is 0 Å². The highest BCUT2D eigenvalue weighted by Gasteiger charge is 2.45. The predicted molar refractivity (Wildman–Crippen MR) is 86.6 cm³/mol. The molecule has 0 aromatic heterocycles. The summed E-state index contributed by atoms with van der Waals surface area (Å²) in [5.41, 5.74) is 0.577. The number of carbonyl (C=O) groups excluding carboxylic acids is 1. The quantitative estimate of drug-likeness (QED) is 0.845. The van der Waals surface area contributed by atoms with Gasteiger partial charge >= 0.3 is 0 Å². The SMILES string of the molecule is CCO[C@@H]1CC[C@@H]2[C@@H]1OCCN2C(=O)c1cccc2c1OCCO2. The van der Waals surface area contributed by atoms with Crippen LogP contribution in [0.5, 0.6) is 11.5 Å². The molecule has 1 aromatic carbocycles. The van der Waals surface area contributed by atoms with E-state index in [1.807, 2.05) is 30.0 Å². The van der Waals surface area contributed by atoms with E-state index in [4.69, 9.17) is 18.9 Å². The minimum absolute atomic E-state index is 0.00667. The fourth-order valence-electron chi connectivity index (χ4n) is 3.96. The summed E-state index contributed by atoms with van der Waals surface area (Å²) >= 11 is 0. The average Bonchev–Trinajstić information content (AvgIpc) is 3.04. The maximum atomic E-state index is 13.2. The number of hydrogen-bond donors (Lipinski definition) is 0. The molecule has 0 bridgehead atoms. The first kappa shape index (κ1) is 15.7. The van der Waals surface area contributed by atoms with Gasteiger partial charge in [0.25, 0.3) is 5.91 Å². The highest BCUT2D eigenvalue weighted by Crippen LogP contribution is 2.37. The van der Waals surface area contributed by atoms with Crippen molar-refractivity contribution >= 4 is 5.91 Å². The minimum Gasteiger partial charge on any atom is -0.486 e. The van der Waals surface area contributed by atoms with Gasteiger partial charge in [0, 0.05) is 13.2 Å². The molecule has 0 unspecified atom stereocenters. The van der Waals surface area contributed by atoms with Crippen LogP contribution in [0.2, 0.25) is 0 Å². The van der Waals surface area contributed by atoms with Crippen LogP contribution < -0.4 is 9.47 Å². The molecule has 2 heterocycles. The minimum atomic E-state index is -0.0284. The molecule has 1 aromatic rings. The lowest BCUT2D eigenvalue weighted by Gasteiger charge is -2.39. The number of ether oxygens (including phenoxy) is 4. The van der Waals surface area contributed by atoms with Crippen LogP contribution in [0.3, 0.4) is 0 Å². The summed E-state index contributed by atoms with van der Waals surface area (Å²) < 4.78 is 23.0. The second kappa shape index (κ2) is 6.61. The monoisotopic (exact) mass is 333 g/mol. The number of morpholine rings is 1. The molecule has 0 radical (unpaired) electrons. The van der Waals surface area contributed by atoms with Gasteiger partial charge in [0.15, 0.2) is 11.5 Å². The van der Waals surface area contributed by atoms with E-state index in [9.17, 15) is 4.79 Å². The lowest BCUT2D eigenvalue weighted by molar-refractivity contribution is -0.102. The number of hydrogen-bond acceptors (Lipinski definition) is 5. The van der Waals surface area contributed by atoms with Crippen molar-refractivity contribution in [3.63, 3.8) is 0 Å². The zero-order valence-electron chi connectivity index (χ0n) is 13.9. The molecule has 1 saturated carbocycles. The van der Waals surface area contributed by atoms with E-state index in [-0.39, 0.29) is 24.2 Å². The first-order valence-electron chi connectivity index (χ1n) is 8.72. The van der Waals surface area contributed by atoms with Gasteiger partial charge < -0.3 is 23.8 Å². The number of fused-ring (bicyclic) bond motifs is 2. The molecule has 0 N–H and O–H groups in total. The molecule has 4 rings (SSSR count). The Balaban J connectivity index is 1.59. The first-order valence-corrected chi connectivity index (χ1v) is 8.72. The smallest absolute Gasteiger partial charge is 0.258 e. The van der Waals surface area contributed by atoms with Crippen molar-refractivity contribution in [2.24, 2.45) is 0 Å². The second-order valence-corrected chi connectivity index (χ2v) is 6.30. The molecule has 0 spiro atoms. The Kier molecular flexibility index (Phi) is 4.33. The topological polar surface area (TPSA) is 57.2 Å². The van der Waals surface area contributed by atoms with Crippen LogP contribution in [-0.4, -0.2) is 62.0 Å². The molecule has 3 atom stereocenters. The van der Waals surface area contributed by atoms with Crippen LogP contribution in [0.15, 0.2) is 18.2 Å². The van der Waals surface area contributed by atoms with E-state index in [2.05, 4.69) is 0 Å². The number of amides is 1. The van der Waals surface area contributed by atoms with Gasteiger partial charge in [-0.25, -0.2) is 0 Å². The van der Waals surface area contributed by atoms with E-state index in [0.29, 0.717) is 50.0 Å². The van der Waals surface area contributed by atoms with Crippen molar-refractivity contribution in [2.75, 3.05) is 33.0 Å². The first-order chi connectivity index (χ1) is 11.8. The third-order valence-electron chi connectivity index (χ3n) is 4.97. The molecule has 3 aliphatic rings. The third kappa shape index (κ3) is 2.63. The Morgan fingerprint density at radius 1 is 1.25 bits per heavy atom. The van der Waals surface area contributed by atoms with Gasteiger partial charge in [0.05, 0.1) is 24.3 Å². The number of rotatable bonds is 3. The van der Waals surface area contributed by atoms with E-state index >= 15 is 0 Å². The maximum Gasteiger partial charge on any atom is 0.258 e. The summed E-state index contributed by atoms with van der Waals surface area (Å²) in [6, 6.07) is 5.57. The normalized spacial score (nSPS) is 28.5.